The molecule has 0 saturated heterocycles. The molecule has 0 fully saturated rings. The lowest BCUT2D eigenvalue weighted by molar-refractivity contribution is 0.595. The smallest absolute Gasteiger partial charge is 0.183 e. The molecular weight excluding hydrogens is 291 g/mol. The molecule has 0 aliphatic carbocycles. The fraction of sp³-hybridized carbons (Fsp3) is 0.0769. The van der Waals surface area contributed by atoms with Crippen molar-refractivity contribution in [2.75, 3.05) is 0 Å². The molecule has 0 unspecified atom stereocenters. The Morgan fingerprint density at radius 3 is 2.22 bits per heavy atom. The zero-order chi connectivity index (χ0) is 13.2. The van der Waals surface area contributed by atoms with Crippen molar-refractivity contribution >= 4 is 33.0 Å². The van der Waals surface area contributed by atoms with Crippen molar-refractivity contribution in [2.45, 2.75) is 10.6 Å². The van der Waals surface area contributed by atoms with Crippen molar-refractivity contribution in [2.24, 2.45) is 0 Å². The van der Waals surface area contributed by atoms with Crippen LogP contribution in [0.3, 0.4) is 0 Å². The predicted octanol–water partition coefficient (Wildman–Crippen LogP) is 3.97. The summed E-state index contributed by atoms with van der Waals surface area (Å²) in [5.41, 5.74) is 0.725. The second kappa shape index (κ2) is 5.31. The van der Waals surface area contributed by atoms with Gasteiger partial charge in [-0.1, -0.05) is 53.5 Å². The summed E-state index contributed by atoms with van der Waals surface area (Å²) < 4.78 is 24.4. The SMILES string of the molecule is O=S(=O)(Cc1ccccc1)c1ccc(Cl)cc1Cl. The van der Waals surface area contributed by atoms with E-state index in [-0.39, 0.29) is 15.7 Å². The van der Waals surface area contributed by atoms with Crippen LogP contribution < -0.4 is 0 Å². The van der Waals surface area contributed by atoms with E-state index in [0.717, 1.165) is 5.56 Å². The molecule has 5 heteroatoms. The van der Waals surface area contributed by atoms with E-state index in [2.05, 4.69) is 0 Å². The van der Waals surface area contributed by atoms with E-state index in [1.54, 1.807) is 24.3 Å². The number of rotatable bonds is 3. The maximum atomic E-state index is 12.2. The van der Waals surface area contributed by atoms with Crippen molar-refractivity contribution in [3.05, 3.63) is 64.1 Å². The van der Waals surface area contributed by atoms with Gasteiger partial charge in [-0.05, 0) is 23.8 Å². The second-order valence-corrected chi connectivity index (χ2v) is 6.62. The average molecular weight is 301 g/mol. The van der Waals surface area contributed by atoms with E-state index in [4.69, 9.17) is 23.2 Å². The molecule has 0 saturated carbocycles. The molecule has 18 heavy (non-hydrogen) atoms. The van der Waals surface area contributed by atoms with Gasteiger partial charge in [0, 0.05) is 5.02 Å². The average Bonchev–Trinajstić information content (AvgIpc) is 2.29. The van der Waals surface area contributed by atoms with Gasteiger partial charge in [-0.3, -0.25) is 0 Å². The lowest BCUT2D eigenvalue weighted by Gasteiger charge is -2.07. The van der Waals surface area contributed by atoms with Crippen molar-refractivity contribution < 1.29 is 8.42 Å². The third-order valence-corrected chi connectivity index (χ3v) is 4.83. The van der Waals surface area contributed by atoms with E-state index in [0.29, 0.717) is 5.02 Å². The molecule has 0 aromatic heterocycles. The molecule has 0 heterocycles. The maximum absolute atomic E-state index is 12.2. The minimum atomic E-state index is -3.45. The van der Waals surface area contributed by atoms with Gasteiger partial charge < -0.3 is 0 Å². The molecule has 0 aliphatic heterocycles. The Morgan fingerprint density at radius 2 is 1.61 bits per heavy atom. The van der Waals surface area contributed by atoms with Crippen LogP contribution in [0.4, 0.5) is 0 Å². The first kappa shape index (κ1) is 13.4. The lowest BCUT2D eigenvalue weighted by atomic mass is 10.2. The zero-order valence-electron chi connectivity index (χ0n) is 9.31. The Bertz CT molecular complexity index is 652. The number of sulfone groups is 1. The summed E-state index contributed by atoms with van der Waals surface area (Å²) in [7, 11) is -3.45. The van der Waals surface area contributed by atoms with Crippen LogP contribution >= 0.6 is 23.2 Å². The van der Waals surface area contributed by atoms with Gasteiger partial charge in [-0.2, -0.15) is 0 Å². The van der Waals surface area contributed by atoms with Crippen LogP contribution in [-0.2, 0) is 15.6 Å². The van der Waals surface area contributed by atoms with E-state index in [9.17, 15) is 8.42 Å². The molecule has 94 valence electrons. The Labute approximate surface area is 116 Å². The van der Waals surface area contributed by atoms with Crippen LogP contribution in [0.5, 0.6) is 0 Å². The van der Waals surface area contributed by atoms with Gasteiger partial charge in [-0.15, -0.1) is 0 Å². The second-order valence-electron chi connectivity index (χ2n) is 3.82. The Hall–Kier alpha value is -1.03. The third-order valence-electron chi connectivity index (χ3n) is 2.43. The standard InChI is InChI=1S/C13H10Cl2O2S/c14-11-6-7-13(12(15)8-11)18(16,17)9-10-4-2-1-3-5-10/h1-8H,9H2. The highest BCUT2D eigenvalue weighted by molar-refractivity contribution is 7.90. The van der Waals surface area contributed by atoms with E-state index < -0.39 is 9.84 Å². The van der Waals surface area contributed by atoms with Crippen LogP contribution in [0.15, 0.2) is 53.4 Å². The van der Waals surface area contributed by atoms with Crippen LogP contribution in [0.2, 0.25) is 10.0 Å². The Balaban J connectivity index is 2.37. The van der Waals surface area contributed by atoms with Gasteiger partial charge >= 0.3 is 0 Å². The van der Waals surface area contributed by atoms with Gasteiger partial charge in [0.2, 0.25) is 0 Å². The van der Waals surface area contributed by atoms with Crippen molar-refractivity contribution in [1.82, 2.24) is 0 Å². The summed E-state index contributed by atoms with van der Waals surface area (Å²) >= 11 is 11.7. The molecule has 0 aliphatic rings. The molecule has 2 aromatic rings. The first-order valence-electron chi connectivity index (χ1n) is 5.21. The lowest BCUT2D eigenvalue weighted by Crippen LogP contribution is -2.05. The van der Waals surface area contributed by atoms with Gasteiger partial charge in [-0.25, -0.2) is 8.42 Å². The van der Waals surface area contributed by atoms with E-state index in [1.807, 2.05) is 6.07 Å². The van der Waals surface area contributed by atoms with Gasteiger partial charge in [0.05, 0.1) is 15.7 Å². The minimum Gasteiger partial charge on any atom is -0.223 e. The van der Waals surface area contributed by atoms with Crippen molar-refractivity contribution in [1.29, 1.82) is 0 Å². The monoisotopic (exact) mass is 300 g/mol. The number of halogens is 2. The summed E-state index contributed by atoms with van der Waals surface area (Å²) in [6, 6.07) is 13.4. The van der Waals surface area contributed by atoms with Crippen LogP contribution in [0.1, 0.15) is 5.56 Å². The van der Waals surface area contributed by atoms with Gasteiger partial charge in [0.1, 0.15) is 0 Å². The fourth-order valence-corrected chi connectivity index (χ4v) is 3.78. The Kier molecular flexibility index (Phi) is 3.95. The van der Waals surface area contributed by atoms with E-state index in [1.165, 1.54) is 18.2 Å². The van der Waals surface area contributed by atoms with Gasteiger partial charge in [0.25, 0.3) is 0 Å². The molecule has 2 rings (SSSR count). The Morgan fingerprint density at radius 1 is 0.944 bits per heavy atom. The normalized spacial score (nSPS) is 11.4. The summed E-state index contributed by atoms with van der Waals surface area (Å²) in [6.07, 6.45) is 0. The maximum Gasteiger partial charge on any atom is 0.183 e. The first-order valence-corrected chi connectivity index (χ1v) is 7.61. The molecule has 0 bridgehead atoms. The molecular formula is C13H10Cl2O2S. The molecule has 0 N–H and O–H groups in total. The van der Waals surface area contributed by atoms with Crippen LogP contribution in [0.25, 0.3) is 0 Å². The molecule has 0 amide bonds. The quantitative estimate of drug-likeness (QED) is 0.859. The summed E-state index contributed by atoms with van der Waals surface area (Å²) in [5.74, 6) is -0.0742. The summed E-state index contributed by atoms with van der Waals surface area (Å²) in [6.45, 7) is 0. The van der Waals surface area contributed by atoms with Gasteiger partial charge in [0.15, 0.2) is 9.84 Å². The molecule has 0 spiro atoms. The minimum absolute atomic E-state index is 0.0742. The highest BCUT2D eigenvalue weighted by Crippen LogP contribution is 2.27. The largest absolute Gasteiger partial charge is 0.223 e. The van der Waals surface area contributed by atoms with Crippen molar-refractivity contribution in [3.8, 4) is 0 Å². The molecule has 2 aromatic carbocycles. The topological polar surface area (TPSA) is 34.1 Å². The molecule has 0 radical (unpaired) electrons. The number of benzene rings is 2. The highest BCUT2D eigenvalue weighted by atomic mass is 35.5. The van der Waals surface area contributed by atoms with Crippen LogP contribution in [0, 0.1) is 0 Å². The molecule has 0 atom stereocenters. The fourth-order valence-electron chi connectivity index (χ4n) is 1.60. The molecule has 2 nitrogen and oxygen atoms in total. The highest BCUT2D eigenvalue weighted by Gasteiger charge is 2.18. The number of hydrogen-bond donors (Lipinski definition) is 0. The first-order chi connectivity index (χ1) is 8.49. The predicted molar refractivity (Wildman–Crippen MR) is 73.8 cm³/mol. The number of hydrogen-bond acceptors (Lipinski definition) is 2. The summed E-state index contributed by atoms with van der Waals surface area (Å²) in [5, 5.41) is 0.567. The van der Waals surface area contributed by atoms with Crippen LogP contribution in [-0.4, -0.2) is 8.42 Å². The summed E-state index contributed by atoms with van der Waals surface area (Å²) in [4.78, 5) is 0.109. The van der Waals surface area contributed by atoms with Crippen molar-refractivity contribution in [3.63, 3.8) is 0 Å². The van der Waals surface area contributed by atoms with E-state index >= 15 is 0 Å². The third kappa shape index (κ3) is 3.05. The zero-order valence-corrected chi connectivity index (χ0v) is 11.6.